The summed E-state index contributed by atoms with van der Waals surface area (Å²) in [5.41, 5.74) is 1.50. The van der Waals surface area contributed by atoms with E-state index in [0.29, 0.717) is 16.6 Å². The summed E-state index contributed by atoms with van der Waals surface area (Å²) >= 11 is 0. The molecule has 0 fully saturated rings. The molecule has 0 amide bonds. The quantitative estimate of drug-likeness (QED) is 0.252. The van der Waals surface area contributed by atoms with E-state index in [-0.39, 0.29) is 33.9 Å². The van der Waals surface area contributed by atoms with E-state index in [1.165, 1.54) is 45.2 Å². The van der Waals surface area contributed by atoms with Gasteiger partial charge in [-0.2, -0.15) is 25.3 Å². The minimum absolute atomic E-state index is 0.111. The predicted molar refractivity (Wildman–Crippen MR) is 135 cm³/mol. The fraction of sp³-hybridized carbons (Fsp3) is 0. The third-order valence-electron chi connectivity index (χ3n) is 6.32. The van der Waals surface area contributed by atoms with Gasteiger partial charge in [-0.25, -0.2) is 28.2 Å². The van der Waals surface area contributed by atoms with E-state index >= 15 is 0 Å². The Bertz CT molecular complexity index is 2580. The molecule has 3 aromatic carbocycles. The molecule has 0 aliphatic heterocycles. The molecule has 198 valence electrons. The average Bonchev–Trinajstić information content (AvgIpc) is 3.51. The topological polar surface area (TPSA) is 215 Å². The molecular formula is C21H12N6O9S3. The van der Waals surface area contributed by atoms with Crippen molar-refractivity contribution in [3.05, 3.63) is 54.6 Å². The van der Waals surface area contributed by atoms with Crippen LogP contribution in [0.25, 0.3) is 50.4 Å². The maximum absolute atomic E-state index is 11.9. The van der Waals surface area contributed by atoms with Crippen molar-refractivity contribution >= 4 is 80.8 Å². The van der Waals surface area contributed by atoms with Gasteiger partial charge in [-0.05, 0) is 54.6 Å². The summed E-state index contributed by atoms with van der Waals surface area (Å²) in [4.78, 5) is 12.4. The van der Waals surface area contributed by atoms with Crippen LogP contribution in [0.1, 0.15) is 0 Å². The zero-order valence-corrected chi connectivity index (χ0v) is 21.3. The number of imidazole rings is 3. The van der Waals surface area contributed by atoms with Crippen LogP contribution < -0.4 is 0 Å². The zero-order valence-electron chi connectivity index (χ0n) is 18.9. The molecule has 18 heteroatoms. The summed E-state index contributed by atoms with van der Waals surface area (Å²) in [5.74, 6) is 0.458. The molecule has 0 saturated carbocycles. The van der Waals surface area contributed by atoms with Crippen LogP contribution >= 0.6 is 0 Å². The second kappa shape index (κ2) is 7.25. The van der Waals surface area contributed by atoms with Crippen molar-refractivity contribution < 1.29 is 38.9 Å². The lowest BCUT2D eigenvalue weighted by atomic mass is 10.3. The molecular weight excluding hydrogens is 576 g/mol. The number of benzene rings is 3. The molecule has 7 aromatic rings. The molecule has 39 heavy (non-hydrogen) atoms. The highest BCUT2D eigenvalue weighted by Crippen LogP contribution is 2.31. The second-order valence-electron chi connectivity index (χ2n) is 8.62. The van der Waals surface area contributed by atoms with Gasteiger partial charge in [0.15, 0.2) is 0 Å². The number of nitrogens with zero attached hydrogens (tertiary/aromatic N) is 6. The van der Waals surface area contributed by atoms with E-state index in [4.69, 9.17) is 0 Å². The van der Waals surface area contributed by atoms with Crippen LogP contribution in [0.15, 0.2) is 69.3 Å². The van der Waals surface area contributed by atoms with Gasteiger partial charge in [0.25, 0.3) is 30.4 Å². The molecule has 4 aromatic heterocycles. The molecule has 0 aliphatic rings. The molecule has 0 radical (unpaired) electrons. The Morgan fingerprint density at radius 1 is 0.462 bits per heavy atom. The summed E-state index contributed by atoms with van der Waals surface area (Å²) in [7, 11) is -13.7. The van der Waals surface area contributed by atoms with Gasteiger partial charge in [0.2, 0.25) is 17.3 Å². The van der Waals surface area contributed by atoms with E-state index < -0.39 is 45.0 Å². The van der Waals surface area contributed by atoms with Crippen molar-refractivity contribution in [2.45, 2.75) is 14.7 Å². The Morgan fingerprint density at radius 2 is 0.821 bits per heavy atom. The fourth-order valence-electron chi connectivity index (χ4n) is 4.66. The first-order valence-corrected chi connectivity index (χ1v) is 15.0. The normalized spacial score (nSPS) is 13.6. The Morgan fingerprint density at radius 3 is 1.26 bits per heavy atom. The van der Waals surface area contributed by atoms with Crippen molar-refractivity contribution in [1.82, 2.24) is 28.2 Å². The monoisotopic (exact) mass is 588 g/mol. The number of hydrogen-bond acceptors (Lipinski definition) is 9. The smallest absolute Gasteiger partial charge is 0.282 e. The average molecular weight is 589 g/mol. The van der Waals surface area contributed by atoms with Gasteiger partial charge in [-0.3, -0.25) is 13.7 Å². The number of aromatic nitrogens is 6. The lowest BCUT2D eigenvalue weighted by Gasteiger charge is -2.05. The summed E-state index contributed by atoms with van der Waals surface area (Å²) in [5, 5.41) is 0. The van der Waals surface area contributed by atoms with Gasteiger partial charge in [-0.1, -0.05) is 0 Å². The highest BCUT2D eigenvalue weighted by molar-refractivity contribution is 7.86. The van der Waals surface area contributed by atoms with Crippen LogP contribution in [0.5, 0.6) is 0 Å². The maximum Gasteiger partial charge on any atom is 0.294 e. The van der Waals surface area contributed by atoms with E-state index in [2.05, 4.69) is 15.0 Å². The van der Waals surface area contributed by atoms with Crippen molar-refractivity contribution in [2.75, 3.05) is 0 Å². The first-order valence-electron chi connectivity index (χ1n) is 10.7. The van der Waals surface area contributed by atoms with Gasteiger partial charge in [0, 0.05) is 0 Å². The Kier molecular flexibility index (Phi) is 4.44. The van der Waals surface area contributed by atoms with E-state index in [9.17, 15) is 38.9 Å². The first-order chi connectivity index (χ1) is 18.2. The summed E-state index contributed by atoms with van der Waals surface area (Å²) < 4.78 is 104. The molecule has 0 bridgehead atoms. The van der Waals surface area contributed by atoms with Gasteiger partial charge >= 0.3 is 0 Å². The molecule has 15 nitrogen and oxygen atoms in total. The van der Waals surface area contributed by atoms with Gasteiger partial charge in [0.05, 0.1) is 47.8 Å². The summed E-state index contributed by atoms with van der Waals surface area (Å²) in [6.07, 6.45) is 0. The van der Waals surface area contributed by atoms with Crippen LogP contribution in [-0.4, -0.2) is 67.1 Å². The van der Waals surface area contributed by atoms with Crippen LogP contribution in [0.3, 0.4) is 0 Å². The second-order valence-corrected chi connectivity index (χ2v) is 12.9. The van der Waals surface area contributed by atoms with Crippen molar-refractivity contribution in [2.24, 2.45) is 0 Å². The van der Waals surface area contributed by atoms with E-state index in [0.717, 1.165) is 18.2 Å². The van der Waals surface area contributed by atoms with Crippen LogP contribution in [0.2, 0.25) is 0 Å². The Labute approximate surface area is 216 Å². The minimum atomic E-state index is -4.59. The van der Waals surface area contributed by atoms with Crippen molar-refractivity contribution in [3.8, 4) is 0 Å². The molecule has 0 atom stereocenters. The predicted octanol–water partition coefficient (Wildman–Crippen LogP) is 1.83. The number of hydrogen-bond donors (Lipinski definition) is 3. The molecule has 0 unspecified atom stereocenters. The lowest BCUT2D eigenvalue weighted by Crippen LogP contribution is -2.04. The highest BCUT2D eigenvalue weighted by atomic mass is 32.2. The molecule has 3 N–H and O–H groups in total. The van der Waals surface area contributed by atoms with E-state index in [1.54, 1.807) is 4.40 Å². The highest BCUT2D eigenvalue weighted by Gasteiger charge is 2.24. The summed E-state index contributed by atoms with van der Waals surface area (Å²) in [6, 6.07) is 11.2. The lowest BCUT2D eigenvalue weighted by molar-refractivity contribution is 0.481. The zero-order chi connectivity index (χ0) is 27.6. The third kappa shape index (κ3) is 3.36. The SMILES string of the molecule is O=S(=O)(O)c1ccc2c(c1)nc1n2c2nc3ccc(S(=O)(=O)O)cc3n2c2nc3cc(S(=O)(=O)O)ccc3n12. The molecule has 7 rings (SSSR count). The molecule has 0 aliphatic carbocycles. The third-order valence-corrected chi connectivity index (χ3v) is 8.87. The van der Waals surface area contributed by atoms with Crippen LogP contribution in [0.4, 0.5) is 0 Å². The standard InChI is InChI=1S/C21H12N6O9S3/c28-37(29,30)10-2-5-16-14(7-10)23-20-25(16)19-22-13-4-1-12(39(34,35)36)9-18(13)27(19)21-24-15-8-11(38(31,32)33)3-6-17(15)26(20)21/h1-9H,(H,28,29,30)(H,31,32,33)(H,34,35,36). The van der Waals surface area contributed by atoms with Gasteiger partial charge in [0.1, 0.15) is 0 Å². The van der Waals surface area contributed by atoms with Gasteiger partial charge < -0.3 is 0 Å². The number of fused-ring (bicyclic) bond motifs is 12. The first kappa shape index (κ1) is 23.9. The Hall–Kier alpha value is -4.20. The minimum Gasteiger partial charge on any atom is -0.282 e. The van der Waals surface area contributed by atoms with Crippen LogP contribution in [-0.2, 0) is 30.4 Å². The van der Waals surface area contributed by atoms with Crippen molar-refractivity contribution in [1.29, 1.82) is 0 Å². The molecule has 4 heterocycles. The van der Waals surface area contributed by atoms with E-state index in [1.807, 2.05) is 0 Å². The summed E-state index contributed by atoms with van der Waals surface area (Å²) in [6.45, 7) is 0. The molecule has 0 saturated heterocycles. The Balaban J connectivity index is 1.77. The fourth-order valence-corrected chi connectivity index (χ4v) is 6.16. The number of rotatable bonds is 3. The maximum atomic E-state index is 11.9. The molecule has 0 spiro atoms. The largest absolute Gasteiger partial charge is 0.294 e. The van der Waals surface area contributed by atoms with Gasteiger partial charge in [-0.15, -0.1) is 0 Å². The van der Waals surface area contributed by atoms with Crippen LogP contribution in [0, 0.1) is 0 Å². The van der Waals surface area contributed by atoms with Crippen molar-refractivity contribution in [3.63, 3.8) is 0 Å².